The van der Waals surface area contributed by atoms with Crippen molar-refractivity contribution >= 4 is 12.2 Å². The molecule has 0 aliphatic carbocycles. The zero-order valence-electron chi connectivity index (χ0n) is 11.0. The molecule has 0 aliphatic rings. The molecule has 0 aliphatic heterocycles. The smallest absolute Gasteiger partial charge is 0.231 e. The van der Waals surface area contributed by atoms with Gasteiger partial charge in [-0.15, -0.1) is 0 Å². The Balaban J connectivity index is -0.000000182. The largest absolute Gasteiger partial charge is 0.382 e. The van der Waals surface area contributed by atoms with Crippen molar-refractivity contribution in [1.29, 1.82) is 10.8 Å². The Kier molecular flexibility index (Phi) is 28.6. The van der Waals surface area contributed by atoms with E-state index in [2.05, 4.69) is 19.1 Å². The van der Waals surface area contributed by atoms with E-state index >= 15 is 0 Å². The zero-order valence-corrected chi connectivity index (χ0v) is 11.0. The molecule has 1 rings (SSSR count). The van der Waals surface area contributed by atoms with Crippen molar-refractivity contribution in [1.82, 2.24) is 0 Å². The van der Waals surface area contributed by atoms with Crippen molar-refractivity contribution in [3.05, 3.63) is 35.9 Å². The van der Waals surface area contributed by atoms with E-state index in [4.69, 9.17) is 25.1 Å². The highest BCUT2D eigenvalue weighted by Gasteiger charge is 1.72. The Morgan fingerprint density at radius 1 is 1.00 bits per heavy atom. The number of carbonyl (C=O) groups excluding carboxylic acids is 2. The molecule has 0 spiro atoms. The van der Waals surface area contributed by atoms with Gasteiger partial charge in [0.1, 0.15) is 0 Å². The third-order valence-corrected chi connectivity index (χ3v) is 1.35. The predicted molar refractivity (Wildman–Crippen MR) is 70.2 cm³/mol. The standard InChI is InChI=1S/C7H8.C4H10O.2CHNO/c1-7-5-3-2-4-6-7;1-3-5-4-2;2*2-1-3/h2-6H,1H3;3-4H2,1-2H3;2*2H. The van der Waals surface area contributed by atoms with Gasteiger partial charge in [0.2, 0.25) is 12.2 Å². The number of hydrogen-bond donors (Lipinski definition) is 2. The average molecular weight is 252 g/mol. The van der Waals surface area contributed by atoms with Crippen molar-refractivity contribution in [2.24, 2.45) is 0 Å². The highest BCUT2D eigenvalue weighted by molar-refractivity contribution is 5.26. The van der Waals surface area contributed by atoms with E-state index in [1.165, 1.54) is 5.56 Å². The number of aryl methyl sites for hydroxylation is 1. The normalized spacial score (nSPS) is 6.61. The van der Waals surface area contributed by atoms with E-state index in [9.17, 15) is 0 Å². The van der Waals surface area contributed by atoms with Gasteiger partial charge in [-0.2, -0.15) is 0 Å². The molecule has 1 aromatic carbocycles. The minimum absolute atomic E-state index is 0.750. The van der Waals surface area contributed by atoms with Crippen LogP contribution in [-0.4, -0.2) is 25.4 Å². The van der Waals surface area contributed by atoms with E-state index < -0.39 is 0 Å². The van der Waals surface area contributed by atoms with Crippen molar-refractivity contribution in [3.8, 4) is 0 Å². The van der Waals surface area contributed by atoms with E-state index in [0.717, 1.165) is 25.4 Å². The van der Waals surface area contributed by atoms with Gasteiger partial charge >= 0.3 is 0 Å². The lowest BCUT2D eigenvalue weighted by Gasteiger charge is -1.86. The molecule has 18 heavy (non-hydrogen) atoms. The van der Waals surface area contributed by atoms with Gasteiger partial charge in [-0.1, -0.05) is 35.9 Å². The van der Waals surface area contributed by atoms with Gasteiger partial charge in [0.25, 0.3) is 0 Å². The first-order chi connectivity index (χ1) is 8.64. The first kappa shape index (κ1) is 21.2. The van der Waals surface area contributed by atoms with Gasteiger partial charge in [-0.05, 0) is 20.8 Å². The van der Waals surface area contributed by atoms with Crippen LogP contribution in [0, 0.1) is 17.7 Å². The molecule has 0 bridgehead atoms. The second-order valence-corrected chi connectivity index (χ2v) is 2.64. The van der Waals surface area contributed by atoms with Crippen molar-refractivity contribution in [3.63, 3.8) is 0 Å². The van der Waals surface area contributed by atoms with Gasteiger partial charge in [-0.25, -0.2) is 20.4 Å². The Bertz CT molecular complexity index is 300. The van der Waals surface area contributed by atoms with Gasteiger partial charge < -0.3 is 4.74 Å². The van der Waals surface area contributed by atoms with Crippen molar-refractivity contribution in [2.45, 2.75) is 20.8 Å². The molecule has 0 fully saturated rings. The van der Waals surface area contributed by atoms with Gasteiger partial charge in [0.15, 0.2) is 0 Å². The molecule has 0 amide bonds. The fourth-order valence-corrected chi connectivity index (χ4v) is 0.739. The number of nitrogens with one attached hydrogen (secondary N) is 2. The molecule has 0 unspecified atom stereocenters. The minimum atomic E-state index is 0.750. The molecule has 0 heterocycles. The highest BCUT2D eigenvalue weighted by Crippen LogP contribution is 1.92. The minimum Gasteiger partial charge on any atom is -0.382 e. The predicted octanol–water partition coefficient (Wildman–Crippen LogP) is 2.84. The number of benzene rings is 1. The van der Waals surface area contributed by atoms with Crippen LogP contribution in [0.1, 0.15) is 19.4 Å². The van der Waals surface area contributed by atoms with Gasteiger partial charge in [0, 0.05) is 13.2 Å². The fraction of sp³-hybridized carbons (Fsp3) is 0.385. The van der Waals surface area contributed by atoms with Crippen LogP contribution >= 0.6 is 0 Å². The monoisotopic (exact) mass is 252 g/mol. The fourth-order valence-electron chi connectivity index (χ4n) is 0.739. The maximum atomic E-state index is 8.35. The quantitative estimate of drug-likeness (QED) is 0.626. The summed E-state index contributed by atoms with van der Waals surface area (Å²) in [6.07, 6.45) is 1.50. The summed E-state index contributed by atoms with van der Waals surface area (Å²) in [6.45, 7) is 7.75. The Labute approximate surface area is 108 Å². The Hall–Kier alpha value is -2.06. The van der Waals surface area contributed by atoms with Crippen LogP contribution in [0.2, 0.25) is 0 Å². The molecule has 0 aromatic heterocycles. The van der Waals surface area contributed by atoms with E-state index in [1.54, 1.807) is 0 Å². The molecule has 100 valence electrons. The molecular formula is C13H20N2O3. The van der Waals surface area contributed by atoms with Crippen LogP contribution in [0.3, 0.4) is 0 Å². The molecular weight excluding hydrogens is 232 g/mol. The molecule has 5 nitrogen and oxygen atoms in total. The highest BCUT2D eigenvalue weighted by atomic mass is 16.5. The van der Waals surface area contributed by atoms with E-state index in [1.807, 2.05) is 32.0 Å². The number of ether oxygens (including phenoxy) is 1. The second kappa shape index (κ2) is 24.3. The summed E-state index contributed by atoms with van der Waals surface area (Å²) in [4.78, 5) is 16.7. The van der Waals surface area contributed by atoms with E-state index in [0.29, 0.717) is 0 Å². The molecule has 2 N–H and O–H groups in total. The maximum Gasteiger partial charge on any atom is 0.231 e. The third-order valence-electron chi connectivity index (χ3n) is 1.35. The molecule has 0 radical (unpaired) electrons. The molecule has 5 heteroatoms. The van der Waals surface area contributed by atoms with Crippen LogP contribution in [0.4, 0.5) is 0 Å². The molecule has 1 aromatic rings. The lowest BCUT2D eigenvalue weighted by molar-refractivity contribution is 0.162. The van der Waals surface area contributed by atoms with Crippen LogP contribution in [0.5, 0.6) is 0 Å². The summed E-state index contributed by atoms with van der Waals surface area (Å²) in [5.74, 6) is 0. The van der Waals surface area contributed by atoms with Crippen LogP contribution in [0.25, 0.3) is 0 Å². The Morgan fingerprint density at radius 3 is 1.44 bits per heavy atom. The van der Waals surface area contributed by atoms with Crippen molar-refractivity contribution in [2.75, 3.05) is 13.2 Å². The van der Waals surface area contributed by atoms with Crippen LogP contribution in [0.15, 0.2) is 30.3 Å². The molecule has 0 saturated carbocycles. The molecule has 0 atom stereocenters. The molecule has 0 saturated heterocycles. The third kappa shape index (κ3) is 37.0. The van der Waals surface area contributed by atoms with Gasteiger partial charge in [0.05, 0.1) is 0 Å². The number of isocyanates is 2. The first-order valence-corrected chi connectivity index (χ1v) is 5.31. The summed E-state index contributed by atoms with van der Waals surface area (Å²) in [5, 5.41) is 10.8. The van der Waals surface area contributed by atoms with Crippen LogP contribution < -0.4 is 0 Å². The number of hydrogen-bond acceptors (Lipinski definition) is 5. The maximum absolute atomic E-state index is 8.35. The lowest BCUT2D eigenvalue weighted by Crippen LogP contribution is -1.84. The summed E-state index contributed by atoms with van der Waals surface area (Å²) in [7, 11) is 0. The van der Waals surface area contributed by atoms with Crippen molar-refractivity contribution < 1.29 is 14.3 Å². The summed E-state index contributed by atoms with van der Waals surface area (Å²) >= 11 is 0. The average Bonchev–Trinajstić information content (AvgIpc) is 2.34. The summed E-state index contributed by atoms with van der Waals surface area (Å²) in [5.41, 5.74) is 1.32. The SMILES string of the molecule is CCOCC.Cc1ccccc1.N=C=O.N=C=O. The zero-order chi connectivity index (χ0) is 14.6. The first-order valence-electron chi connectivity index (χ1n) is 5.31. The van der Waals surface area contributed by atoms with Gasteiger partial charge in [-0.3, -0.25) is 0 Å². The lowest BCUT2D eigenvalue weighted by atomic mass is 10.2. The second-order valence-electron chi connectivity index (χ2n) is 2.64. The number of rotatable bonds is 2. The van der Waals surface area contributed by atoms with E-state index in [-0.39, 0.29) is 0 Å². The summed E-state index contributed by atoms with van der Waals surface area (Å²) in [6, 6.07) is 10.3. The Morgan fingerprint density at radius 2 is 1.33 bits per heavy atom. The topological polar surface area (TPSA) is 91.1 Å². The summed E-state index contributed by atoms with van der Waals surface area (Å²) < 4.78 is 4.83. The van der Waals surface area contributed by atoms with Crippen LogP contribution in [-0.2, 0) is 14.3 Å².